The molecule has 5 nitrogen and oxygen atoms in total. The predicted molar refractivity (Wildman–Crippen MR) is 106 cm³/mol. The Labute approximate surface area is 160 Å². The van der Waals surface area contributed by atoms with Gasteiger partial charge in [0.1, 0.15) is 18.1 Å². The second kappa shape index (κ2) is 6.80. The first-order valence-corrected chi connectivity index (χ1v) is 9.40. The van der Waals surface area contributed by atoms with Gasteiger partial charge in [0.05, 0.1) is 19.1 Å². The highest BCUT2D eigenvalue weighted by molar-refractivity contribution is 5.91. The first-order chi connectivity index (χ1) is 13.0. The fourth-order valence-corrected chi connectivity index (χ4v) is 3.80. The van der Waals surface area contributed by atoms with E-state index in [0.717, 1.165) is 41.2 Å². The zero-order valence-corrected chi connectivity index (χ0v) is 16.2. The topological polar surface area (TPSA) is 42.0 Å². The molecule has 1 heterocycles. The van der Waals surface area contributed by atoms with Gasteiger partial charge in [0.25, 0.3) is 0 Å². The molecule has 4 rings (SSSR count). The van der Waals surface area contributed by atoms with E-state index in [1.165, 1.54) is 0 Å². The number of anilines is 1. The summed E-state index contributed by atoms with van der Waals surface area (Å²) >= 11 is 0. The molecular formula is C22H26N2O3. The quantitative estimate of drug-likeness (QED) is 0.833. The van der Waals surface area contributed by atoms with Crippen molar-refractivity contribution in [1.82, 2.24) is 4.90 Å². The monoisotopic (exact) mass is 366 g/mol. The van der Waals surface area contributed by atoms with Crippen LogP contribution in [0.15, 0.2) is 42.5 Å². The lowest BCUT2D eigenvalue weighted by molar-refractivity contribution is -0.134. The minimum absolute atomic E-state index is 0.208. The number of ether oxygens (including phenoxy) is 2. The number of benzene rings is 2. The molecule has 0 saturated heterocycles. The molecule has 27 heavy (non-hydrogen) atoms. The smallest absolute Gasteiger partial charge is 0.233 e. The van der Waals surface area contributed by atoms with E-state index in [1.807, 2.05) is 49.3 Å². The summed E-state index contributed by atoms with van der Waals surface area (Å²) in [6.07, 6.45) is 1.81. The summed E-state index contributed by atoms with van der Waals surface area (Å²) in [5.41, 5.74) is 2.89. The third-order valence-electron chi connectivity index (χ3n) is 5.63. The van der Waals surface area contributed by atoms with Gasteiger partial charge in [-0.25, -0.2) is 0 Å². The molecule has 1 aliphatic heterocycles. The molecule has 2 aliphatic rings. The molecule has 1 fully saturated rings. The summed E-state index contributed by atoms with van der Waals surface area (Å²) in [7, 11) is 5.69. The first-order valence-electron chi connectivity index (χ1n) is 9.40. The summed E-state index contributed by atoms with van der Waals surface area (Å²) in [5, 5.41) is 0. The molecule has 142 valence electrons. The fourth-order valence-electron chi connectivity index (χ4n) is 3.80. The van der Waals surface area contributed by atoms with E-state index in [2.05, 4.69) is 17.0 Å². The van der Waals surface area contributed by atoms with Crippen LogP contribution in [0.4, 0.5) is 5.69 Å². The Kier molecular flexibility index (Phi) is 4.46. The third kappa shape index (κ3) is 3.22. The number of carbonyl (C=O) groups excluding carboxylic acids is 1. The van der Waals surface area contributed by atoms with E-state index >= 15 is 0 Å². The molecule has 1 saturated carbocycles. The molecule has 5 heteroatoms. The van der Waals surface area contributed by atoms with Gasteiger partial charge in [0.2, 0.25) is 5.91 Å². The number of carbonyl (C=O) groups is 1. The van der Waals surface area contributed by atoms with Crippen molar-refractivity contribution in [3.05, 3.63) is 53.6 Å². The Morgan fingerprint density at radius 1 is 1.15 bits per heavy atom. The molecule has 1 amide bonds. The van der Waals surface area contributed by atoms with Crippen molar-refractivity contribution < 1.29 is 14.3 Å². The highest BCUT2D eigenvalue weighted by Crippen LogP contribution is 2.50. The number of nitrogens with zero attached hydrogens (tertiary/aromatic N) is 2. The zero-order valence-electron chi connectivity index (χ0n) is 16.2. The van der Waals surface area contributed by atoms with Crippen molar-refractivity contribution in [2.45, 2.75) is 24.8 Å². The van der Waals surface area contributed by atoms with Crippen LogP contribution in [0.3, 0.4) is 0 Å². The van der Waals surface area contributed by atoms with Gasteiger partial charge in [0, 0.05) is 31.9 Å². The highest BCUT2D eigenvalue weighted by atomic mass is 16.5. The Morgan fingerprint density at radius 2 is 1.89 bits per heavy atom. The third-order valence-corrected chi connectivity index (χ3v) is 5.63. The SMILES string of the molecule is COc1ccc(C2(C(=O)N3CCOc4ccc(N(C)C)cc4C3)CC2)cc1. The van der Waals surface area contributed by atoms with Gasteiger partial charge in [-0.15, -0.1) is 0 Å². The van der Waals surface area contributed by atoms with Crippen molar-refractivity contribution in [1.29, 1.82) is 0 Å². The van der Waals surface area contributed by atoms with Gasteiger partial charge < -0.3 is 19.3 Å². The van der Waals surface area contributed by atoms with E-state index in [-0.39, 0.29) is 11.3 Å². The van der Waals surface area contributed by atoms with E-state index in [0.29, 0.717) is 19.7 Å². The van der Waals surface area contributed by atoms with Gasteiger partial charge in [0.15, 0.2) is 0 Å². The van der Waals surface area contributed by atoms with Crippen LogP contribution in [0.1, 0.15) is 24.0 Å². The van der Waals surface area contributed by atoms with Gasteiger partial charge in [-0.05, 0) is 48.7 Å². The highest BCUT2D eigenvalue weighted by Gasteiger charge is 2.53. The van der Waals surface area contributed by atoms with Crippen LogP contribution in [0, 0.1) is 0 Å². The van der Waals surface area contributed by atoms with Crippen molar-refractivity contribution in [3.8, 4) is 11.5 Å². The minimum atomic E-state index is -0.379. The van der Waals surface area contributed by atoms with Crippen molar-refractivity contribution in [3.63, 3.8) is 0 Å². The van der Waals surface area contributed by atoms with Crippen LogP contribution in [-0.4, -0.2) is 45.2 Å². The molecule has 0 radical (unpaired) electrons. The van der Waals surface area contributed by atoms with Crippen molar-refractivity contribution in [2.75, 3.05) is 39.3 Å². The largest absolute Gasteiger partial charge is 0.497 e. The standard InChI is InChI=1S/C22H26N2O3/c1-23(2)18-6-9-20-16(14-18)15-24(12-13-27-20)21(25)22(10-11-22)17-4-7-19(26-3)8-5-17/h4-9,14H,10-13,15H2,1-3H3. The number of amides is 1. The number of hydrogen-bond acceptors (Lipinski definition) is 4. The summed E-state index contributed by atoms with van der Waals surface area (Å²) in [4.78, 5) is 17.5. The van der Waals surface area contributed by atoms with Crippen LogP contribution >= 0.6 is 0 Å². The summed E-state index contributed by atoms with van der Waals surface area (Å²) in [6.45, 7) is 1.73. The van der Waals surface area contributed by atoms with Crippen LogP contribution < -0.4 is 14.4 Å². The Bertz CT molecular complexity index is 841. The normalized spacial score (nSPS) is 17.4. The number of methoxy groups -OCH3 is 1. The number of hydrogen-bond donors (Lipinski definition) is 0. The molecule has 0 N–H and O–H groups in total. The van der Waals surface area contributed by atoms with Crippen molar-refractivity contribution >= 4 is 11.6 Å². The van der Waals surface area contributed by atoms with Gasteiger partial charge in [-0.1, -0.05) is 12.1 Å². The lowest BCUT2D eigenvalue weighted by Crippen LogP contribution is -2.40. The van der Waals surface area contributed by atoms with Crippen LogP contribution in [0.25, 0.3) is 0 Å². The van der Waals surface area contributed by atoms with E-state index in [1.54, 1.807) is 7.11 Å². The maximum atomic E-state index is 13.4. The lowest BCUT2D eigenvalue weighted by atomic mass is 9.94. The van der Waals surface area contributed by atoms with E-state index in [9.17, 15) is 4.79 Å². The van der Waals surface area contributed by atoms with E-state index < -0.39 is 0 Å². The average Bonchev–Trinajstić information content (AvgIpc) is 3.51. The second-order valence-corrected chi connectivity index (χ2v) is 7.57. The fraction of sp³-hybridized carbons (Fsp3) is 0.409. The number of rotatable bonds is 4. The average molecular weight is 366 g/mol. The second-order valence-electron chi connectivity index (χ2n) is 7.57. The molecule has 0 atom stereocenters. The maximum absolute atomic E-state index is 13.4. The van der Waals surface area contributed by atoms with E-state index in [4.69, 9.17) is 9.47 Å². The molecule has 0 bridgehead atoms. The maximum Gasteiger partial charge on any atom is 0.233 e. The molecule has 0 aromatic heterocycles. The minimum Gasteiger partial charge on any atom is -0.497 e. The first kappa shape index (κ1) is 17.7. The summed E-state index contributed by atoms with van der Waals surface area (Å²) in [6, 6.07) is 14.1. The van der Waals surface area contributed by atoms with Crippen LogP contribution in [0.2, 0.25) is 0 Å². The van der Waals surface area contributed by atoms with Gasteiger partial charge in [-0.2, -0.15) is 0 Å². The van der Waals surface area contributed by atoms with Gasteiger partial charge in [-0.3, -0.25) is 4.79 Å². The molecule has 0 unspecified atom stereocenters. The zero-order chi connectivity index (χ0) is 19.0. The molecule has 1 aliphatic carbocycles. The molecule has 0 spiro atoms. The predicted octanol–water partition coefficient (Wildman–Crippen LogP) is 3.21. The Hall–Kier alpha value is -2.69. The van der Waals surface area contributed by atoms with Crippen LogP contribution in [-0.2, 0) is 16.8 Å². The van der Waals surface area contributed by atoms with Gasteiger partial charge >= 0.3 is 0 Å². The molecule has 2 aromatic carbocycles. The lowest BCUT2D eigenvalue weighted by Gasteiger charge is -2.26. The summed E-state index contributed by atoms with van der Waals surface area (Å²) in [5.74, 6) is 1.90. The Balaban J connectivity index is 1.59. The Morgan fingerprint density at radius 3 is 2.52 bits per heavy atom. The molecular weight excluding hydrogens is 340 g/mol. The number of fused-ring (bicyclic) bond motifs is 1. The van der Waals surface area contributed by atoms with Crippen molar-refractivity contribution in [2.24, 2.45) is 0 Å². The van der Waals surface area contributed by atoms with Crippen LogP contribution in [0.5, 0.6) is 11.5 Å². The summed E-state index contributed by atoms with van der Waals surface area (Å²) < 4.78 is 11.2. The molecule has 2 aromatic rings.